The lowest BCUT2D eigenvalue weighted by Gasteiger charge is -2.33. The number of aromatic nitrogens is 4. The van der Waals surface area contributed by atoms with Gasteiger partial charge in [0.15, 0.2) is 11.2 Å². The molecule has 2 aromatic heterocycles. The third kappa shape index (κ3) is 3.30. The van der Waals surface area contributed by atoms with E-state index in [2.05, 4.69) is 25.7 Å². The number of anilines is 2. The summed E-state index contributed by atoms with van der Waals surface area (Å²) in [7, 11) is 3.33. The Morgan fingerprint density at radius 3 is 2.70 bits per heavy atom. The molecule has 0 spiro atoms. The number of benzene rings is 1. The van der Waals surface area contributed by atoms with Crippen molar-refractivity contribution in [1.82, 2.24) is 18.7 Å². The van der Waals surface area contributed by atoms with E-state index >= 15 is 0 Å². The largest absolute Gasteiger partial charge is 0.497 e. The number of nitrogens with zero attached hydrogens (tertiary/aromatic N) is 5. The van der Waals surface area contributed by atoms with Gasteiger partial charge in [0.1, 0.15) is 5.75 Å². The standard InChI is InChI=1S/C22H29N5O3/c1-14(2)9-10-25-20(28)18-19(24(4)22(25)29)23-21-26(12-15(3)13-27(18)21)16-7-6-8-17(11-16)30-5/h6-8,11,14-15H,9-10,12-13H2,1-5H3. The third-order valence-corrected chi connectivity index (χ3v) is 5.74. The van der Waals surface area contributed by atoms with Crippen LogP contribution < -0.4 is 20.9 Å². The Morgan fingerprint density at radius 2 is 2.00 bits per heavy atom. The van der Waals surface area contributed by atoms with Crippen molar-refractivity contribution in [1.29, 1.82) is 0 Å². The second-order valence-corrected chi connectivity index (χ2v) is 8.59. The molecule has 1 aromatic carbocycles. The van der Waals surface area contributed by atoms with E-state index in [4.69, 9.17) is 9.72 Å². The Balaban J connectivity index is 1.93. The molecule has 160 valence electrons. The van der Waals surface area contributed by atoms with Crippen molar-refractivity contribution in [3.63, 3.8) is 0 Å². The fourth-order valence-electron chi connectivity index (χ4n) is 4.09. The smallest absolute Gasteiger partial charge is 0.332 e. The Bertz CT molecular complexity index is 1200. The topological polar surface area (TPSA) is 74.3 Å². The zero-order chi connectivity index (χ0) is 21.6. The number of methoxy groups -OCH3 is 1. The summed E-state index contributed by atoms with van der Waals surface area (Å²) in [6.07, 6.45) is 0.772. The molecule has 0 radical (unpaired) electrons. The van der Waals surface area contributed by atoms with Gasteiger partial charge in [0.2, 0.25) is 5.95 Å². The molecule has 0 fully saturated rings. The van der Waals surface area contributed by atoms with Gasteiger partial charge in [-0.25, -0.2) is 4.79 Å². The van der Waals surface area contributed by atoms with Crippen LogP contribution in [0.3, 0.4) is 0 Å². The van der Waals surface area contributed by atoms with Gasteiger partial charge in [-0.15, -0.1) is 0 Å². The van der Waals surface area contributed by atoms with Gasteiger partial charge in [-0.2, -0.15) is 4.98 Å². The van der Waals surface area contributed by atoms with Crippen molar-refractivity contribution in [2.75, 3.05) is 18.6 Å². The Labute approximate surface area is 175 Å². The highest BCUT2D eigenvalue weighted by Crippen LogP contribution is 2.34. The van der Waals surface area contributed by atoms with Crippen LogP contribution in [0.5, 0.6) is 5.75 Å². The van der Waals surface area contributed by atoms with Crippen molar-refractivity contribution < 1.29 is 4.74 Å². The molecule has 8 nitrogen and oxygen atoms in total. The maximum atomic E-state index is 13.3. The quantitative estimate of drug-likeness (QED) is 0.645. The SMILES string of the molecule is COc1cccc(N2CC(C)Cn3c2nc2c3c(=O)n(CCC(C)C)c(=O)n2C)c1. The van der Waals surface area contributed by atoms with E-state index < -0.39 is 0 Å². The summed E-state index contributed by atoms with van der Waals surface area (Å²) in [4.78, 5) is 33.1. The molecular formula is C22H29N5O3. The van der Waals surface area contributed by atoms with Crippen molar-refractivity contribution >= 4 is 22.8 Å². The first-order valence-electron chi connectivity index (χ1n) is 10.4. The van der Waals surface area contributed by atoms with E-state index in [1.807, 2.05) is 28.8 Å². The van der Waals surface area contributed by atoms with Gasteiger partial charge in [0, 0.05) is 38.4 Å². The zero-order valence-electron chi connectivity index (χ0n) is 18.3. The number of ether oxygens (including phenoxy) is 1. The molecule has 4 rings (SSSR count). The van der Waals surface area contributed by atoms with E-state index in [-0.39, 0.29) is 11.2 Å². The first kappa shape index (κ1) is 20.3. The number of hydrogen-bond donors (Lipinski definition) is 0. The molecule has 3 heterocycles. The average molecular weight is 412 g/mol. The Morgan fingerprint density at radius 1 is 1.23 bits per heavy atom. The molecule has 0 aliphatic carbocycles. The van der Waals surface area contributed by atoms with Crippen molar-refractivity contribution in [2.45, 2.75) is 40.3 Å². The van der Waals surface area contributed by atoms with Gasteiger partial charge in [0.25, 0.3) is 5.56 Å². The summed E-state index contributed by atoms with van der Waals surface area (Å²) in [5, 5.41) is 0. The van der Waals surface area contributed by atoms with Crippen LogP contribution in [0.1, 0.15) is 27.2 Å². The highest BCUT2D eigenvalue weighted by Gasteiger charge is 2.30. The zero-order valence-corrected chi connectivity index (χ0v) is 18.3. The molecule has 1 aliphatic rings. The maximum absolute atomic E-state index is 13.3. The minimum absolute atomic E-state index is 0.257. The first-order chi connectivity index (χ1) is 14.3. The van der Waals surface area contributed by atoms with Crippen LogP contribution in [0, 0.1) is 11.8 Å². The van der Waals surface area contributed by atoms with Crippen LogP contribution >= 0.6 is 0 Å². The van der Waals surface area contributed by atoms with Crippen LogP contribution in [0.2, 0.25) is 0 Å². The van der Waals surface area contributed by atoms with Crippen LogP contribution in [0.25, 0.3) is 11.2 Å². The van der Waals surface area contributed by atoms with Crippen LogP contribution in [-0.4, -0.2) is 32.3 Å². The Kier molecular flexibility index (Phi) is 5.17. The van der Waals surface area contributed by atoms with Crippen LogP contribution in [0.15, 0.2) is 33.9 Å². The molecule has 0 N–H and O–H groups in total. The highest BCUT2D eigenvalue weighted by atomic mass is 16.5. The van der Waals surface area contributed by atoms with Gasteiger partial charge in [0.05, 0.1) is 7.11 Å². The molecular weight excluding hydrogens is 382 g/mol. The van der Waals surface area contributed by atoms with Crippen LogP contribution in [0.4, 0.5) is 11.6 Å². The summed E-state index contributed by atoms with van der Waals surface area (Å²) in [5.41, 5.74) is 1.30. The second-order valence-electron chi connectivity index (χ2n) is 8.59. The van der Waals surface area contributed by atoms with Gasteiger partial charge >= 0.3 is 5.69 Å². The Hall–Kier alpha value is -3.03. The summed E-state index contributed by atoms with van der Waals surface area (Å²) >= 11 is 0. The van der Waals surface area contributed by atoms with E-state index in [0.717, 1.165) is 24.4 Å². The lowest BCUT2D eigenvalue weighted by molar-refractivity contribution is 0.414. The van der Waals surface area contributed by atoms with E-state index in [0.29, 0.717) is 42.0 Å². The summed E-state index contributed by atoms with van der Waals surface area (Å²) < 4.78 is 10.2. The normalized spacial score (nSPS) is 16.3. The predicted molar refractivity (Wildman–Crippen MR) is 118 cm³/mol. The monoisotopic (exact) mass is 411 g/mol. The van der Waals surface area contributed by atoms with Crippen molar-refractivity contribution in [3.05, 3.63) is 45.1 Å². The molecule has 30 heavy (non-hydrogen) atoms. The number of hydrogen-bond acceptors (Lipinski definition) is 5. The predicted octanol–water partition coefficient (Wildman–Crippen LogP) is 2.74. The second kappa shape index (κ2) is 7.66. The number of imidazole rings is 1. The summed E-state index contributed by atoms with van der Waals surface area (Å²) in [6, 6.07) is 7.80. The molecule has 0 saturated heterocycles. The lowest BCUT2D eigenvalue weighted by atomic mass is 10.1. The van der Waals surface area contributed by atoms with Gasteiger partial charge < -0.3 is 14.2 Å². The first-order valence-corrected chi connectivity index (χ1v) is 10.4. The number of fused-ring (bicyclic) bond motifs is 3. The molecule has 1 aliphatic heterocycles. The van der Waals surface area contributed by atoms with Gasteiger partial charge in [-0.3, -0.25) is 13.9 Å². The lowest BCUT2D eigenvalue weighted by Crippen LogP contribution is -2.40. The minimum atomic E-state index is -0.315. The van der Waals surface area contributed by atoms with Crippen LogP contribution in [-0.2, 0) is 20.1 Å². The third-order valence-electron chi connectivity index (χ3n) is 5.74. The van der Waals surface area contributed by atoms with Crippen molar-refractivity contribution in [3.8, 4) is 5.75 Å². The molecule has 0 amide bonds. The number of aryl methyl sites for hydroxylation is 1. The van der Waals surface area contributed by atoms with E-state index in [1.165, 1.54) is 9.13 Å². The van der Waals surface area contributed by atoms with Gasteiger partial charge in [-0.1, -0.05) is 26.8 Å². The highest BCUT2D eigenvalue weighted by molar-refractivity contribution is 5.77. The molecule has 3 aromatic rings. The summed E-state index contributed by atoms with van der Waals surface area (Å²) in [6.45, 7) is 8.19. The fourth-order valence-corrected chi connectivity index (χ4v) is 4.09. The number of rotatable bonds is 5. The van der Waals surface area contributed by atoms with Gasteiger partial charge in [-0.05, 0) is 30.4 Å². The minimum Gasteiger partial charge on any atom is -0.497 e. The van der Waals surface area contributed by atoms with E-state index in [9.17, 15) is 9.59 Å². The summed E-state index contributed by atoms with van der Waals surface area (Å²) in [5.74, 6) is 2.16. The average Bonchev–Trinajstić information content (AvgIpc) is 3.11. The molecule has 0 saturated carbocycles. The molecule has 8 heteroatoms. The molecule has 1 atom stereocenters. The fraction of sp³-hybridized carbons (Fsp3) is 0.500. The van der Waals surface area contributed by atoms with E-state index in [1.54, 1.807) is 14.2 Å². The molecule has 0 bridgehead atoms. The van der Waals surface area contributed by atoms with Crippen molar-refractivity contribution in [2.24, 2.45) is 18.9 Å². The molecule has 1 unspecified atom stereocenters. The maximum Gasteiger partial charge on any atom is 0.332 e.